The Bertz CT molecular complexity index is 576. The van der Waals surface area contributed by atoms with Gasteiger partial charge in [0, 0.05) is 4.47 Å². The molecule has 0 saturated carbocycles. The zero-order chi connectivity index (χ0) is 17.7. The maximum Gasteiger partial charge on any atom is 0.412 e. The molecule has 0 aliphatic rings. The van der Waals surface area contributed by atoms with Crippen LogP contribution in [0.25, 0.3) is 0 Å². The van der Waals surface area contributed by atoms with Gasteiger partial charge in [-0.15, -0.1) is 0 Å². The Morgan fingerprint density at radius 2 is 1.70 bits per heavy atom. The van der Waals surface area contributed by atoms with E-state index in [-0.39, 0.29) is 12.3 Å². The van der Waals surface area contributed by atoms with Gasteiger partial charge in [0.05, 0.1) is 5.69 Å². The lowest BCUT2D eigenvalue weighted by Gasteiger charge is -2.08. The van der Waals surface area contributed by atoms with Crippen molar-refractivity contribution in [1.82, 2.24) is 0 Å². The van der Waals surface area contributed by atoms with Gasteiger partial charge >= 0.3 is 6.09 Å². The molecule has 2 aromatic rings. The van der Waals surface area contributed by atoms with Crippen LogP contribution in [0.15, 0.2) is 53.0 Å². The Morgan fingerprint density at radius 3 is 2.26 bits per heavy atom. The van der Waals surface area contributed by atoms with Crippen molar-refractivity contribution in [3.05, 3.63) is 64.4 Å². The fourth-order valence-electron chi connectivity index (χ4n) is 1.46. The smallest absolute Gasteiger partial charge is 0.412 e. The molecular formula is C18H23BrFNO2. The minimum Gasteiger partial charge on any atom is -0.444 e. The largest absolute Gasteiger partial charge is 0.444 e. The maximum absolute atomic E-state index is 13.5. The molecule has 0 aliphatic carbocycles. The van der Waals surface area contributed by atoms with E-state index in [1.807, 2.05) is 58.0 Å². The van der Waals surface area contributed by atoms with E-state index in [1.54, 1.807) is 6.07 Å². The Kier molecular flexibility index (Phi) is 11.6. The number of nitrogens with one attached hydrogen (secondary N) is 1. The molecule has 0 aromatic heterocycles. The number of amides is 1. The number of carbonyl (C=O) groups excluding carboxylic acids is 1. The summed E-state index contributed by atoms with van der Waals surface area (Å²) in [6.45, 7) is 8.14. The number of hydrogen-bond acceptors (Lipinski definition) is 2. The van der Waals surface area contributed by atoms with E-state index in [9.17, 15) is 9.18 Å². The van der Waals surface area contributed by atoms with Gasteiger partial charge in [0.15, 0.2) is 0 Å². The van der Waals surface area contributed by atoms with Crippen LogP contribution in [0.5, 0.6) is 0 Å². The van der Waals surface area contributed by atoms with E-state index in [0.29, 0.717) is 4.47 Å². The summed E-state index contributed by atoms with van der Waals surface area (Å²) in [4.78, 5) is 11.5. The summed E-state index contributed by atoms with van der Waals surface area (Å²) in [5.74, 6) is -0.522. The SMILES string of the molecule is CC.CC.O=C(Nc1ccc(Br)cc1F)OCc1ccccc1. The minimum absolute atomic E-state index is 0.0845. The van der Waals surface area contributed by atoms with Crippen molar-refractivity contribution < 1.29 is 13.9 Å². The highest BCUT2D eigenvalue weighted by atomic mass is 79.9. The lowest BCUT2D eigenvalue weighted by atomic mass is 10.2. The van der Waals surface area contributed by atoms with E-state index in [0.717, 1.165) is 5.56 Å². The van der Waals surface area contributed by atoms with Gasteiger partial charge in [0.1, 0.15) is 12.4 Å². The van der Waals surface area contributed by atoms with Crippen molar-refractivity contribution in [3.8, 4) is 0 Å². The van der Waals surface area contributed by atoms with Crippen molar-refractivity contribution in [2.75, 3.05) is 5.32 Å². The van der Waals surface area contributed by atoms with Gasteiger partial charge in [0.2, 0.25) is 0 Å². The number of anilines is 1. The first-order valence-corrected chi connectivity index (χ1v) is 8.37. The molecule has 0 aliphatic heterocycles. The zero-order valence-corrected chi connectivity index (χ0v) is 15.5. The fourth-order valence-corrected chi connectivity index (χ4v) is 1.79. The zero-order valence-electron chi connectivity index (χ0n) is 13.9. The third kappa shape index (κ3) is 8.35. The van der Waals surface area contributed by atoms with Crippen LogP contribution in [-0.4, -0.2) is 6.09 Å². The first-order valence-electron chi connectivity index (χ1n) is 7.58. The first-order chi connectivity index (χ1) is 11.1. The molecule has 126 valence electrons. The van der Waals surface area contributed by atoms with Crippen LogP contribution in [0, 0.1) is 5.82 Å². The molecule has 0 spiro atoms. The lowest BCUT2D eigenvalue weighted by molar-refractivity contribution is 0.155. The molecule has 0 saturated heterocycles. The van der Waals surface area contributed by atoms with Crippen LogP contribution in [0.4, 0.5) is 14.9 Å². The highest BCUT2D eigenvalue weighted by Gasteiger charge is 2.08. The molecule has 1 N–H and O–H groups in total. The van der Waals surface area contributed by atoms with Gasteiger partial charge in [-0.3, -0.25) is 5.32 Å². The maximum atomic E-state index is 13.5. The number of hydrogen-bond donors (Lipinski definition) is 1. The topological polar surface area (TPSA) is 38.3 Å². The third-order valence-electron chi connectivity index (χ3n) is 2.38. The molecular weight excluding hydrogens is 361 g/mol. The molecule has 0 radical (unpaired) electrons. The quantitative estimate of drug-likeness (QED) is 0.666. The number of benzene rings is 2. The van der Waals surface area contributed by atoms with Gasteiger partial charge in [-0.25, -0.2) is 9.18 Å². The van der Waals surface area contributed by atoms with E-state index >= 15 is 0 Å². The van der Waals surface area contributed by atoms with Gasteiger partial charge in [-0.1, -0.05) is 74.0 Å². The van der Waals surface area contributed by atoms with Crippen LogP contribution in [0.3, 0.4) is 0 Å². The molecule has 0 unspecified atom stereocenters. The first kappa shape index (κ1) is 21.1. The van der Waals surface area contributed by atoms with Gasteiger partial charge < -0.3 is 4.74 Å². The van der Waals surface area contributed by atoms with Crippen molar-refractivity contribution in [3.63, 3.8) is 0 Å². The van der Waals surface area contributed by atoms with E-state index in [4.69, 9.17) is 4.74 Å². The van der Waals surface area contributed by atoms with Crippen LogP contribution in [0.1, 0.15) is 33.3 Å². The average Bonchev–Trinajstić information content (AvgIpc) is 2.60. The second-order valence-electron chi connectivity index (χ2n) is 3.81. The van der Waals surface area contributed by atoms with Crippen molar-refractivity contribution in [1.29, 1.82) is 0 Å². The van der Waals surface area contributed by atoms with Crippen molar-refractivity contribution in [2.45, 2.75) is 34.3 Å². The van der Waals surface area contributed by atoms with Crippen LogP contribution >= 0.6 is 15.9 Å². The summed E-state index contributed by atoms with van der Waals surface area (Å²) in [6.07, 6.45) is -0.690. The molecule has 0 fully saturated rings. The highest BCUT2D eigenvalue weighted by molar-refractivity contribution is 9.10. The Labute approximate surface area is 146 Å². The average molecular weight is 384 g/mol. The number of ether oxygens (including phenoxy) is 1. The van der Waals surface area contributed by atoms with Crippen molar-refractivity contribution in [2.24, 2.45) is 0 Å². The van der Waals surface area contributed by atoms with E-state index < -0.39 is 11.9 Å². The number of rotatable bonds is 3. The monoisotopic (exact) mass is 383 g/mol. The summed E-state index contributed by atoms with van der Waals surface area (Å²) in [5, 5.41) is 2.35. The molecule has 3 nitrogen and oxygen atoms in total. The van der Waals surface area contributed by atoms with Crippen LogP contribution in [0.2, 0.25) is 0 Å². The molecule has 23 heavy (non-hydrogen) atoms. The Morgan fingerprint density at radius 1 is 1.09 bits per heavy atom. The van der Waals surface area contributed by atoms with Crippen LogP contribution in [-0.2, 0) is 11.3 Å². The predicted octanol–water partition coefficient (Wildman–Crippen LogP) is 6.39. The molecule has 2 aromatic carbocycles. The molecule has 0 atom stereocenters. The molecule has 2 rings (SSSR count). The van der Waals surface area contributed by atoms with Gasteiger partial charge in [0.25, 0.3) is 0 Å². The number of carbonyl (C=O) groups is 1. The molecule has 1 amide bonds. The summed E-state index contributed by atoms with van der Waals surface area (Å²) in [6, 6.07) is 13.6. The predicted molar refractivity (Wildman–Crippen MR) is 97.0 cm³/mol. The Hall–Kier alpha value is -1.88. The van der Waals surface area contributed by atoms with Gasteiger partial charge in [-0.2, -0.15) is 0 Å². The molecule has 0 heterocycles. The standard InChI is InChI=1S/C14H11BrFNO2.2C2H6/c15-11-6-7-13(12(16)8-11)17-14(18)19-9-10-4-2-1-3-5-10;2*1-2/h1-8H,9H2,(H,17,18);2*1-2H3. The second kappa shape index (κ2) is 12.6. The van der Waals surface area contributed by atoms with E-state index in [1.165, 1.54) is 12.1 Å². The summed E-state index contributed by atoms with van der Waals surface area (Å²) in [7, 11) is 0. The molecule has 5 heteroatoms. The lowest BCUT2D eigenvalue weighted by Crippen LogP contribution is -2.14. The van der Waals surface area contributed by atoms with Gasteiger partial charge in [-0.05, 0) is 23.8 Å². The van der Waals surface area contributed by atoms with Crippen molar-refractivity contribution >= 4 is 27.7 Å². The fraction of sp³-hybridized carbons (Fsp3) is 0.278. The van der Waals surface area contributed by atoms with E-state index in [2.05, 4.69) is 21.2 Å². The molecule has 0 bridgehead atoms. The Balaban J connectivity index is 0.00000112. The normalized spacial score (nSPS) is 8.78. The highest BCUT2D eigenvalue weighted by Crippen LogP contribution is 2.19. The second-order valence-corrected chi connectivity index (χ2v) is 4.73. The summed E-state index contributed by atoms with van der Waals surface area (Å²) < 4.78 is 19.1. The minimum atomic E-state index is -0.690. The summed E-state index contributed by atoms with van der Waals surface area (Å²) >= 11 is 3.14. The summed E-state index contributed by atoms with van der Waals surface area (Å²) in [5.41, 5.74) is 0.954. The van der Waals surface area contributed by atoms with Crippen LogP contribution < -0.4 is 5.32 Å². The third-order valence-corrected chi connectivity index (χ3v) is 2.87. The number of halogens is 2.